The molecule has 1 aromatic heterocycles. The van der Waals surface area contributed by atoms with Gasteiger partial charge in [-0.2, -0.15) is 0 Å². The third kappa shape index (κ3) is 5.73. The quantitative estimate of drug-likeness (QED) is 0.267. The summed E-state index contributed by atoms with van der Waals surface area (Å²) in [7, 11) is -1.60. The summed E-state index contributed by atoms with van der Waals surface area (Å²) in [6.07, 6.45) is 2.40. The van der Waals surface area contributed by atoms with Crippen molar-refractivity contribution in [3.8, 4) is 16.9 Å². The zero-order valence-electron chi connectivity index (χ0n) is 20.2. The number of anilines is 1. The molecule has 1 aliphatic carbocycles. The smallest absolute Gasteiger partial charge is 0.318 e. The van der Waals surface area contributed by atoms with Crippen LogP contribution in [0.1, 0.15) is 29.0 Å². The van der Waals surface area contributed by atoms with Crippen molar-refractivity contribution in [1.82, 2.24) is 4.72 Å². The fourth-order valence-corrected chi connectivity index (χ4v) is 4.81. The summed E-state index contributed by atoms with van der Waals surface area (Å²) in [4.78, 5) is 24.1. The number of furan rings is 1. The van der Waals surface area contributed by atoms with Gasteiger partial charge in [0, 0.05) is 11.3 Å². The van der Waals surface area contributed by atoms with Gasteiger partial charge in [0.2, 0.25) is 0 Å². The molecule has 3 aromatic carbocycles. The zero-order valence-corrected chi connectivity index (χ0v) is 21.0. The molecule has 1 aliphatic rings. The number of rotatable bonds is 10. The fourth-order valence-electron chi connectivity index (χ4n) is 4.01. The number of carbonyl (C=O) groups is 2. The molecule has 4 aromatic rings. The van der Waals surface area contributed by atoms with E-state index in [1.165, 1.54) is 12.8 Å². The summed E-state index contributed by atoms with van der Waals surface area (Å²) in [5, 5.41) is 12.4. The number of carboxylic acids is 1. The van der Waals surface area contributed by atoms with Crippen LogP contribution in [0.5, 0.6) is 5.75 Å². The molecular weight excluding hydrogens is 492 g/mol. The van der Waals surface area contributed by atoms with Crippen LogP contribution in [0.4, 0.5) is 5.69 Å². The second kappa shape index (κ2) is 10.6. The first kappa shape index (κ1) is 24.7. The van der Waals surface area contributed by atoms with Gasteiger partial charge in [0.05, 0.1) is 16.9 Å². The Kier molecular flexibility index (Phi) is 7.07. The van der Waals surface area contributed by atoms with E-state index >= 15 is 0 Å². The Morgan fingerprint density at radius 1 is 1.03 bits per heavy atom. The summed E-state index contributed by atoms with van der Waals surface area (Å²) in [5.74, 6) is 0.199. The fraction of sp³-hybridized carbons (Fsp3) is 0.214. The van der Waals surface area contributed by atoms with E-state index in [0.717, 1.165) is 27.8 Å². The molecule has 0 aliphatic heterocycles. The molecule has 0 spiro atoms. The highest BCUT2D eigenvalue weighted by Gasteiger charge is 2.24. The molecule has 0 saturated heterocycles. The molecule has 0 radical (unpaired) electrons. The minimum absolute atomic E-state index is 0.252. The summed E-state index contributed by atoms with van der Waals surface area (Å²) in [6, 6.07) is 19.9. The number of benzene rings is 3. The molecule has 37 heavy (non-hydrogen) atoms. The average molecular weight is 519 g/mol. The van der Waals surface area contributed by atoms with E-state index in [0.29, 0.717) is 28.7 Å². The molecule has 1 atom stereocenters. The van der Waals surface area contributed by atoms with Crippen LogP contribution in [0.3, 0.4) is 0 Å². The Morgan fingerprint density at radius 2 is 1.70 bits per heavy atom. The maximum atomic E-state index is 13.0. The van der Waals surface area contributed by atoms with E-state index in [2.05, 4.69) is 10.0 Å². The van der Waals surface area contributed by atoms with Gasteiger partial charge in [-0.15, -0.1) is 0 Å². The summed E-state index contributed by atoms with van der Waals surface area (Å²) >= 11 is 0. The first-order valence-electron chi connectivity index (χ1n) is 11.9. The number of nitrogens with one attached hydrogen (secondary N) is 2. The molecule has 1 unspecified atom stereocenters. The summed E-state index contributed by atoms with van der Waals surface area (Å²) < 4.78 is 26.4. The van der Waals surface area contributed by atoms with Crippen molar-refractivity contribution in [2.45, 2.75) is 24.7 Å². The van der Waals surface area contributed by atoms with Gasteiger partial charge >= 0.3 is 5.97 Å². The maximum absolute atomic E-state index is 13.0. The number of hydrogen-bond acceptors (Lipinski definition) is 5. The molecular formula is C28H26N2O6S. The third-order valence-electron chi connectivity index (χ3n) is 6.19. The molecule has 8 nitrogen and oxygen atoms in total. The first-order chi connectivity index (χ1) is 17.9. The third-order valence-corrected chi connectivity index (χ3v) is 7.30. The number of carboxylic acid groups (broad SMARTS) is 1. The molecule has 190 valence electrons. The molecule has 9 heteroatoms. The lowest BCUT2D eigenvalue weighted by molar-refractivity contribution is -0.135. The monoisotopic (exact) mass is 518 g/mol. The van der Waals surface area contributed by atoms with E-state index in [1.54, 1.807) is 24.3 Å². The largest absolute Gasteiger partial charge is 0.493 e. The normalized spacial score (nSPS) is 13.9. The minimum Gasteiger partial charge on any atom is -0.493 e. The van der Waals surface area contributed by atoms with Crippen molar-refractivity contribution >= 4 is 39.5 Å². The van der Waals surface area contributed by atoms with Crippen LogP contribution in [0, 0.1) is 12.8 Å². The molecule has 3 N–H and O–H groups in total. The van der Waals surface area contributed by atoms with Crippen molar-refractivity contribution in [2.75, 3.05) is 18.5 Å². The van der Waals surface area contributed by atoms with Crippen LogP contribution in [0.15, 0.2) is 76.0 Å². The van der Waals surface area contributed by atoms with Gasteiger partial charge in [-0.3, -0.25) is 9.59 Å². The van der Waals surface area contributed by atoms with E-state index in [4.69, 9.17) is 14.3 Å². The van der Waals surface area contributed by atoms with Crippen LogP contribution in [-0.4, -0.2) is 34.3 Å². The second-order valence-corrected chi connectivity index (χ2v) is 10.3. The second-order valence-electron chi connectivity index (χ2n) is 8.98. The average Bonchev–Trinajstić information content (AvgIpc) is 3.67. The van der Waals surface area contributed by atoms with Gasteiger partial charge in [0.25, 0.3) is 5.91 Å². The summed E-state index contributed by atoms with van der Waals surface area (Å²) in [6.45, 7) is 2.16. The standard InChI is InChI=1S/C28H26N2O6S/c1-17-26-23(35-16-18-5-6-18)3-2-4-24(26)36-27(17)28(33)30-21-11-7-19(8-12-21)20-9-13-22(14-10-20)37(34)29-15-25(31)32/h2-4,7-14,18,29H,5-6,15-16H2,1H3,(H,30,33)(H,31,32). The highest BCUT2D eigenvalue weighted by atomic mass is 32.2. The van der Waals surface area contributed by atoms with Crippen LogP contribution in [-0.2, 0) is 15.8 Å². The van der Waals surface area contributed by atoms with Gasteiger partial charge in [-0.1, -0.05) is 30.3 Å². The van der Waals surface area contributed by atoms with Gasteiger partial charge in [0.15, 0.2) is 5.76 Å². The van der Waals surface area contributed by atoms with E-state index < -0.39 is 17.0 Å². The molecule has 1 amide bonds. The highest BCUT2D eigenvalue weighted by molar-refractivity contribution is 7.83. The Morgan fingerprint density at radius 3 is 2.35 bits per heavy atom. The van der Waals surface area contributed by atoms with Crippen molar-refractivity contribution in [2.24, 2.45) is 5.92 Å². The van der Waals surface area contributed by atoms with Crippen LogP contribution in [0.25, 0.3) is 22.1 Å². The van der Waals surface area contributed by atoms with E-state index in [1.807, 2.05) is 49.4 Å². The summed E-state index contributed by atoms with van der Waals surface area (Å²) in [5.41, 5.74) is 3.78. The van der Waals surface area contributed by atoms with Crippen molar-refractivity contribution in [1.29, 1.82) is 0 Å². The maximum Gasteiger partial charge on any atom is 0.318 e. The predicted octanol–water partition coefficient (Wildman–Crippen LogP) is 5.15. The Bertz CT molecular complexity index is 1470. The number of fused-ring (bicyclic) bond motifs is 1. The number of carbonyl (C=O) groups excluding carboxylic acids is 1. The van der Waals surface area contributed by atoms with Crippen LogP contribution < -0.4 is 14.8 Å². The van der Waals surface area contributed by atoms with E-state index in [9.17, 15) is 13.8 Å². The van der Waals surface area contributed by atoms with Gasteiger partial charge in [0.1, 0.15) is 28.9 Å². The lowest BCUT2D eigenvalue weighted by Crippen LogP contribution is -2.24. The number of aryl methyl sites for hydroxylation is 1. The molecule has 5 rings (SSSR count). The number of ether oxygens (including phenoxy) is 1. The highest BCUT2D eigenvalue weighted by Crippen LogP contribution is 2.36. The van der Waals surface area contributed by atoms with E-state index in [-0.39, 0.29) is 18.2 Å². The zero-order chi connectivity index (χ0) is 25.9. The van der Waals surface area contributed by atoms with Crippen molar-refractivity contribution in [3.63, 3.8) is 0 Å². The predicted molar refractivity (Wildman–Crippen MR) is 141 cm³/mol. The molecule has 1 fully saturated rings. The lowest BCUT2D eigenvalue weighted by Gasteiger charge is -2.08. The van der Waals surface area contributed by atoms with Crippen molar-refractivity contribution < 1.29 is 28.1 Å². The van der Waals surface area contributed by atoms with Crippen LogP contribution in [0.2, 0.25) is 0 Å². The van der Waals surface area contributed by atoms with Gasteiger partial charge in [-0.05, 0) is 73.2 Å². The Hall–Kier alpha value is -3.95. The lowest BCUT2D eigenvalue weighted by atomic mass is 10.1. The molecule has 1 saturated carbocycles. The number of amides is 1. The molecule has 0 bridgehead atoms. The number of aliphatic carboxylic acids is 1. The Labute approximate surface area is 216 Å². The topological polar surface area (TPSA) is 118 Å². The van der Waals surface area contributed by atoms with Crippen molar-refractivity contribution in [3.05, 3.63) is 78.1 Å². The SMILES string of the molecule is Cc1c(C(=O)Nc2ccc(-c3ccc(S(=O)NCC(=O)O)cc3)cc2)oc2cccc(OCC3CC3)c12. The number of hydrogen-bond donors (Lipinski definition) is 3. The van der Waals surface area contributed by atoms with Crippen LogP contribution >= 0.6 is 0 Å². The minimum atomic E-state index is -1.60. The Balaban J connectivity index is 1.26. The van der Waals surface area contributed by atoms with Gasteiger partial charge in [-0.25, -0.2) is 8.93 Å². The van der Waals surface area contributed by atoms with Gasteiger partial charge < -0.3 is 19.6 Å². The molecule has 1 heterocycles. The first-order valence-corrected chi connectivity index (χ1v) is 13.1.